The van der Waals surface area contributed by atoms with Crippen LogP contribution >= 0.6 is 11.3 Å². The molecule has 2 saturated heterocycles. The van der Waals surface area contributed by atoms with Crippen LogP contribution in [0.15, 0.2) is 24.3 Å². The fourth-order valence-electron chi connectivity index (χ4n) is 6.34. The molecule has 1 aromatic carbocycles. The number of Topliss-reactive ketones (excluding diaryl/α,β-unsaturated/α-hetero) is 1. The molecule has 0 spiro atoms. The second-order valence-corrected chi connectivity index (χ2v) is 13.1. The topological polar surface area (TPSA) is 138 Å². The monoisotopic (exact) mass is 570 g/mol. The Balaban J connectivity index is 1.41. The Morgan fingerprint density at radius 2 is 1.95 bits per heavy atom. The molecule has 1 saturated carbocycles. The van der Waals surface area contributed by atoms with E-state index in [0.717, 1.165) is 11.1 Å². The van der Waals surface area contributed by atoms with Gasteiger partial charge in [0.05, 0.1) is 16.3 Å². The van der Waals surface area contributed by atoms with Crippen LogP contribution in [0, 0.1) is 17.3 Å². The first-order chi connectivity index (χ1) is 20.1. The Labute approximate surface area is 241 Å². The lowest BCUT2D eigenvalue weighted by Gasteiger charge is -2.40. The molecule has 1 aromatic heterocycles. The average molecular weight is 571 g/mol. The second kappa shape index (κ2) is 10.9. The molecule has 5 rings (SSSR count). The zero-order chi connectivity index (χ0) is 31.3. The number of fused-ring (bicyclic) bond motifs is 3. The minimum absolute atomic E-state index is 0.0976. The average Bonchev–Trinajstić information content (AvgIpc) is 3.73. The van der Waals surface area contributed by atoms with E-state index in [1.807, 2.05) is 18.2 Å². The summed E-state index contributed by atoms with van der Waals surface area (Å²) in [5.74, 6) is -3.45. The van der Waals surface area contributed by atoms with Gasteiger partial charge in [-0.3, -0.25) is 24.0 Å². The van der Waals surface area contributed by atoms with E-state index in [1.54, 1.807) is 26.8 Å². The van der Waals surface area contributed by atoms with Gasteiger partial charge in [-0.05, 0) is 55.6 Å². The summed E-state index contributed by atoms with van der Waals surface area (Å²) < 4.78 is 23.2. The Hall–Kier alpha value is -3.34. The van der Waals surface area contributed by atoms with Crippen LogP contribution in [0.1, 0.15) is 73.6 Å². The number of carbonyl (C=O) groups is 5. The summed E-state index contributed by atoms with van der Waals surface area (Å²) in [6.07, 6.45) is 2.62. The third kappa shape index (κ3) is 5.48. The van der Waals surface area contributed by atoms with Crippen LogP contribution in [0.3, 0.4) is 0 Å². The molecule has 3 N–H and O–H groups in total. The third-order valence-electron chi connectivity index (χ3n) is 8.32. The Morgan fingerprint density at radius 1 is 1.18 bits per heavy atom. The van der Waals surface area contributed by atoms with Gasteiger partial charge in [-0.2, -0.15) is 0 Å². The van der Waals surface area contributed by atoms with Gasteiger partial charge in [0.1, 0.15) is 12.1 Å². The molecule has 4 amide bonds. The SMILES string of the molecule is [2H]C([2H])([2H])C(=O)N[C@H](C(=O)N1[C@@H]2CC[C@@H](C2)[C@H]1C(=O)N[C@@H](C[C@@H]1CCNC1=O)C(=O)c1nc2ccccc2s1)C(C)(C)C. The molecular weight excluding hydrogens is 530 g/mol. The summed E-state index contributed by atoms with van der Waals surface area (Å²) in [7, 11) is 0. The molecule has 6 atom stereocenters. The number of ketones is 1. The van der Waals surface area contributed by atoms with Crippen molar-refractivity contribution in [2.24, 2.45) is 17.3 Å². The number of amides is 4. The Bertz CT molecular complexity index is 1420. The maximum absolute atomic E-state index is 14.0. The van der Waals surface area contributed by atoms with Gasteiger partial charge in [0.2, 0.25) is 29.4 Å². The van der Waals surface area contributed by atoms with Gasteiger partial charge in [-0.25, -0.2) is 4.98 Å². The molecule has 214 valence electrons. The van der Waals surface area contributed by atoms with Crippen LogP contribution in [-0.4, -0.2) is 70.0 Å². The number of benzene rings is 1. The van der Waals surface area contributed by atoms with Gasteiger partial charge in [-0.15, -0.1) is 11.3 Å². The molecule has 3 heterocycles. The quantitative estimate of drug-likeness (QED) is 0.417. The predicted molar refractivity (Wildman–Crippen MR) is 150 cm³/mol. The minimum atomic E-state index is -2.94. The summed E-state index contributed by atoms with van der Waals surface area (Å²) in [5, 5.41) is 8.30. The van der Waals surface area contributed by atoms with Gasteiger partial charge in [0.15, 0.2) is 5.01 Å². The highest BCUT2D eigenvalue weighted by atomic mass is 32.1. The fourth-order valence-corrected chi connectivity index (χ4v) is 7.30. The number of likely N-dealkylation sites (tertiary alicyclic amines) is 1. The first-order valence-electron chi connectivity index (χ1n) is 15.3. The number of carbonyl (C=O) groups excluding carboxylic acids is 5. The number of piperidine rings is 1. The number of para-hydroxylation sites is 1. The molecule has 3 fully saturated rings. The predicted octanol–water partition coefficient (Wildman–Crippen LogP) is 2.42. The van der Waals surface area contributed by atoms with Gasteiger partial charge in [-0.1, -0.05) is 32.9 Å². The van der Waals surface area contributed by atoms with Crippen LogP contribution in [0.2, 0.25) is 0 Å². The molecule has 2 aliphatic heterocycles. The fraction of sp³-hybridized carbons (Fsp3) is 0.586. The lowest BCUT2D eigenvalue weighted by atomic mass is 9.84. The molecule has 11 heteroatoms. The molecule has 1 aliphatic carbocycles. The first-order valence-corrected chi connectivity index (χ1v) is 14.6. The van der Waals surface area contributed by atoms with Crippen molar-refractivity contribution in [2.75, 3.05) is 6.54 Å². The zero-order valence-corrected chi connectivity index (χ0v) is 23.7. The number of thiazole rings is 1. The van der Waals surface area contributed by atoms with Gasteiger partial charge >= 0.3 is 0 Å². The maximum atomic E-state index is 14.0. The van der Waals surface area contributed by atoms with E-state index in [-0.39, 0.29) is 29.3 Å². The number of hydrogen-bond acceptors (Lipinski definition) is 7. The number of rotatable bonds is 8. The number of nitrogens with zero attached hydrogens (tertiary/aromatic N) is 2. The molecular formula is C29H37N5O5S. The van der Waals surface area contributed by atoms with Crippen molar-refractivity contribution in [1.82, 2.24) is 25.8 Å². The number of nitrogens with one attached hydrogen (secondary N) is 3. The van der Waals surface area contributed by atoms with Crippen molar-refractivity contribution in [2.45, 2.75) is 83.9 Å². The molecule has 0 unspecified atom stereocenters. The van der Waals surface area contributed by atoms with Crippen LogP contribution in [0.4, 0.5) is 0 Å². The standard InChI is InChI=1S/C29H37N5O5S/c1-15(35)31-24(29(2,3)4)28(39)34-18-10-9-16(13-18)22(34)26(38)32-20(14-17-11-12-30-25(17)37)23(36)27-33-19-7-5-6-8-21(19)40-27/h5-8,16-18,20,22,24H,9-14H2,1-4H3,(H,30,37)(H,31,35)(H,32,38)/t16-,17-,18+,20-,22-,24+/m0/s1/i1D3. The number of hydrogen-bond donors (Lipinski definition) is 3. The molecule has 3 aliphatic rings. The molecule has 2 bridgehead atoms. The smallest absolute Gasteiger partial charge is 0.246 e. The Kier molecular flexibility index (Phi) is 6.67. The molecule has 2 aromatic rings. The van der Waals surface area contributed by atoms with E-state index in [1.165, 1.54) is 16.2 Å². The van der Waals surface area contributed by atoms with E-state index in [4.69, 9.17) is 4.11 Å². The summed E-state index contributed by atoms with van der Waals surface area (Å²) in [6.45, 7) is 2.71. The molecule has 0 radical (unpaired) electrons. The van der Waals surface area contributed by atoms with Crippen LogP contribution < -0.4 is 16.0 Å². The zero-order valence-electron chi connectivity index (χ0n) is 25.9. The van der Waals surface area contributed by atoms with Crippen LogP contribution in [-0.2, 0) is 19.2 Å². The minimum Gasteiger partial charge on any atom is -0.356 e. The lowest BCUT2D eigenvalue weighted by molar-refractivity contribution is -0.147. The normalized spacial score (nSPS) is 26.9. The van der Waals surface area contributed by atoms with Gasteiger partial charge in [0.25, 0.3) is 0 Å². The summed E-state index contributed by atoms with van der Waals surface area (Å²) >= 11 is 1.22. The van der Waals surface area contributed by atoms with E-state index < -0.39 is 59.8 Å². The van der Waals surface area contributed by atoms with Crippen molar-refractivity contribution in [3.05, 3.63) is 29.3 Å². The highest BCUT2D eigenvalue weighted by Gasteiger charge is 2.54. The summed E-state index contributed by atoms with van der Waals surface area (Å²) in [5.41, 5.74) is -0.182. The summed E-state index contributed by atoms with van der Waals surface area (Å²) in [6, 6.07) is 3.97. The van der Waals surface area contributed by atoms with Crippen molar-refractivity contribution < 1.29 is 28.1 Å². The van der Waals surface area contributed by atoms with Gasteiger partial charge < -0.3 is 20.9 Å². The molecule has 10 nitrogen and oxygen atoms in total. The second-order valence-electron chi connectivity index (χ2n) is 12.1. The van der Waals surface area contributed by atoms with Crippen molar-refractivity contribution in [1.29, 1.82) is 0 Å². The van der Waals surface area contributed by atoms with Crippen LogP contribution in [0.25, 0.3) is 10.2 Å². The van der Waals surface area contributed by atoms with E-state index in [2.05, 4.69) is 20.9 Å². The Morgan fingerprint density at radius 3 is 2.62 bits per heavy atom. The van der Waals surface area contributed by atoms with E-state index in [9.17, 15) is 24.0 Å². The highest BCUT2D eigenvalue weighted by Crippen LogP contribution is 2.44. The molecule has 40 heavy (non-hydrogen) atoms. The maximum Gasteiger partial charge on any atom is 0.246 e. The highest BCUT2D eigenvalue weighted by molar-refractivity contribution is 7.20. The van der Waals surface area contributed by atoms with Crippen molar-refractivity contribution >= 4 is 51.0 Å². The van der Waals surface area contributed by atoms with Gasteiger partial charge in [0, 0.05) is 29.5 Å². The van der Waals surface area contributed by atoms with Crippen molar-refractivity contribution in [3.63, 3.8) is 0 Å². The first kappa shape index (κ1) is 24.5. The number of aromatic nitrogens is 1. The van der Waals surface area contributed by atoms with Crippen molar-refractivity contribution in [3.8, 4) is 0 Å². The summed E-state index contributed by atoms with van der Waals surface area (Å²) in [4.78, 5) is 72.7. The lowest BCUT2D eigenvalue weighted by Crippen LogP contribution is -2.61. The van der Waals surface area contributed by atoms with Crippen LogP contribution in [0.5, 0.6) is 0 Å². The van der Waals surface area contributed by atoms with E-state index in [0.29, 0.717) is 31.3 Å². The largest absolute Gasteiger partial charge is 0.356 e. The van der Waals surface area contributed by atoms with E-state index >= 15 is 0 Å². The third-order valence-corrected chi connectivity index (χ3v) is 9.37.